The molecule has 0 aliphatic rings. The van der Waals surface area contributed by atoms with Crippen LogP contribution in [0.15, 0.2) is 52.4 Å². The van der Waals surface area contributed by atoms with Gasteiger partial charge in [-0.3, -0.25) is 14.2 Å². The number of halogens is 2. The van der Waals surface area contributed by atoms with Crippen LogP contribution in [0.1, 0.15) is 38.8 Å². The minimum absolute atomic E-state index is 0.178. The standard InChI is InChI=1S/C24H27ClFN3O3S/c1-4-32-13-5-12-29-23(31)20-11-8-18(25)14-21(20)28-24(29)33-16(3)22(30)27-15(2)17-6-9-19(26)10-7-17/h6-11,14-16H,4-5,12-13H2,1-3H3,(H,27,30). The highest BCUT2D eigenvalue weighted by Gasteiger charge is 2.21. The number of fused-ring (bicyclic) bond motifs is 1. The summed E-state index contributed by atoms with van der Waals surface area (Å²) in [4.78, 5) is 30.7. The van der Waals surface area contributed by atoms with Gasteiger partial charge in [0, 0.05) is 24.8 Å². The van der Waals surface area contributed by atoms with Crippen LogP contribution in [0, 0.1) is 5.82 Å². The average Bonchev–Trinajstić information content (AvgIpc) is 2.78. The second kappa shape index (κ2) is 11.6. The van der Waals surface area contributed by atoms with Gasteiger partial charge in [0.2, 0.25) is 5.91 Å². The summed E-state index contributed by atoms with van der Waals surface area (Å²) >= 11 is 7.32. The van der Waals surface area contributed by atoms with E-state index in [1.807, 2.05) is 13.8 Å². The molecule has 1 aromatic heterocycles. The molecule has 2 atom stereocenters. The summed E-state index contributed by atoms with van der Waals surface area (Å²) in [5.41, 5.74) is 1.11. The first-order chi connectivity index (χ1) is 15.8. The van der Waals surface area contributed by atoms with Gasteiger partial charge in [0.15, 0.2) is 5.16 Å². The quantitative estimate of drug-likeness (QED) is 0.246. The molecular formula is C24H27ClFN3O3S. The number of thioether (sulfide) groups is 1. The van der Waals surface area contributed by atoms with E-state index in [0.29, 0.717) is 47.3 Å². The minimum Gasteiger partial charge on any atom is -0.382 e. The van der Waals surface area contributed by atoms with Gasteiger partial charge in [-0.25, -0.2) is 9.37 Å². The van der Waals surface area contributed by atoms with Crippen molar-refractivity contribution in [3.8, 4) is 0 Å². The van der Waals surface area contributed by atoms with E-state index >= 15 is 0 Å². The number of rotatable bonds is 10. The summed E-state index contributed by atoms with van der Waals surface area (Å²) in [6.07, 6.45) is 0.643. The van der Waals surface area contributed by atoms with Gasteiger partial charge in [-0.1, -0.05) is 35.5 Å². The fourth-order valence-corrected chi connectivity index (χ4v) is 4.42. The molecule has 0 spiro atoms. The number of hydrogen-bond acceptors (Lipinski definition) is 5. The van der Waals surface area contributed by atoms with E-state index in [-0.39, 0.29) is 23.3 Å². The highest BCUT2D eigenvalue weighted by Crippen LogP contribution is 2.25. The molecule has 2 unspecified atom stereocenters. The second-order valence-corrected chi connectivity index (χ2v) is 9.35. The van der Waals surface area contributed by atoms with Crippen molar-refractivity contribution >= 4 is 40.2 Å². The molecule has 176 valence electrons. The van der Waals surface area contributed by atoms with Crippen LogP contribution in [0.2, 0.25) is 5.02 Å². The van der Waals surface area contributed by atoms with Crippen LogP contribution in [-0.4, -0.2) is 33.9 Å². The molecule has 1 heterocycles. The maximum absolute atomic E-state index is 13.2. The number of aromatic nitrogens is 2. The summed E-state index contributed by atoms with van der Waals surface area (Å²) in [5, 5.41) is 3.82. The Kier molecular flexibility index (Phi) is 8.88. The third kappa shape index (κ3) is 6.56. The molecular weight excluding hydrogens is 465 g/mol. The topological polar surface area (TPSA) is 73.2 Å². The van der Waals surface area contributed by atoms with Gasteiger partial charge in [-0.15, -0.1) is 0 Å². The fourth-order valence-electron chi connectivity index (χ4n) is 3.31. The molecule has 1 N–H and O–H groups in total. The Bertz CT molecular complexity index is 1170. The van der Waals surface area contributed by atoms with E-state index in [1.54, 1.807) is 41.8 Å². The summed E-state index contributed by atoms with van der Waals surface area (Å²) in [6, 6.07) is 10.7. The molecule has 0 aliphatic heterocycles. The largest absolute Gasteiger partial charge is 0.382 e. The number of carbonyl (C=O) groups excluding carboxylic acids is 1. The molecule has 9 heteroatoms. The van der Waals surface area contributed by atoms with Gasteiger partial charge in [0.25, 0.3) is 5.56 Å². The Morgan fingerprint density at radius 1 is 1.24 bits per heavy atom. The monoisotopic (exact) mass is 491 g/mol. The molecule has 0 radical (unpaired) electrons. The van der Waals surface area contributed by atoms with Gasteiger partial charge < -0.3 is 10.1 Å². The molecule has 0 fully saturated rings. The predicted octanol–water partition coefficient (Wildman–Crippen LogP) is 4.97. The third-order valence-electron chi connectivity index (χ3n) is 5.14. The van der Waals surface area contributed by atoms with E-state index in [4.69, 9.17) is 16.3 Å². The Morgan fingerprint density at radius 3 is 2.67 bits per heavy atom. The Morgan fingerprint density at radius 2 is 1.97 bits per heavy atom. The molecule has 3 aromatic rings. The first-order valence-electron chi connectivity index (χ1n) is 10.8. The molecule has 2 aromatic carbocycles. The lowest BCUT2D eigenvalue weighted by Crippen LogP contribution is -2.34. The molecule has 3 rings (SSSR count). The normalized spacial score (nSPS) is 13.1. The van der Waals surface area contributed by atoms with Crippen molar-refractivity contribution in [3.05, 3.63) is 69.2 Å². The van der Waals surface area contributed by atoms with Crippen LogP contribution < -0.4 is 10.9 Å². The van der Waals surface area contributed by atoms with Crippen LogP contribution in [0.25, 0.3) is 10.9 Å². The fraction of sp³-hybridized carbons (Fsp3) is 0.375. The Balaban J connectivity index is 1.82. The lowest BCUT2D eigenvalue weighted by molar-refractivity contribution is -0.120. The van der Waals surface area contributed by atoms with E-state index in [9.17, 15) is 14.0 Å². The zero-order valence-electron chi connectivity index (χ0n) is 18.8. The molecule has 0 saturated heterocycles. The second-order valence-electron chi connectivity index (χ2n) is 7.61. The third-order valence-corrected chi connectivity index (χ3v) is 6.46. The van der Waals surface area contributed by atoms with Crippen molar-refractivity contribution in [1.82, 2.24) is 14.9 Å². The van der Waals surface area contributed by atoms with Crippen molar-refractivity contribution in [2.75, 3.05) is 13.2 Å². The maximum atomic E-state index is 13.2. The summed E-state index contributed by atoms with van der Waals surface area (Å²) in [6.45, 7) is 7.07. The number of nitrogens with zero attached hydrogens (tertiary/aromatic N) is 2. The number of nitrogens with one attached hydrogen (secondary N) is 1. The van der Waals surface area contributed by atoms with Gasteiger partial charge in [0.05, 0.1) is 22.2 Å². The van der Waals surface area contributed by atoms with Crippen molar-refractivity contribution in [2.45, 2.75) is 50.2 Å². The highest BCUT2D eigenvalue weighted by atomic mass is 35.5. The van der Waals surface area contributed by atoms with Gasteiger partial charge in [-0.05, 0) is 63.1 Å². The first-order valence-corrected chi connectivity index (χ1v) is 12.1. The smallest absolute Gasteiger partial charge is 0.262 e. The molecule has 1 amide bonds. The van der Waals surface area contributed by atoms with Crippen molar-refractivity contribution in [3.63, 3.8) is 0 Å². The molecule has 0 saturated carbocycles. The van der Waals surface area contributed by atoms with Crippen LogP contribution in [0.4, 0.5) is 4.39 Å². The van der Waals surface area contributed by atoms with E-state index in [0.717, 1.165) is 5.56 Å². The summed E-state index contributed by atoms with van der Waals surface area (Å²) in [5.74, 6) is -0.538. The van der Waals surface area contributed by atoms with Crippen LogP contribution in [-0.2, 0) is 16.1 Å². The van der Waals surface area contributed by atoms with E-state index in [2.05, 4.69) is 10.3 Å². The number of benzene rings is 2. The average molecular weight is 492 g/mol. The number of carbonyl (C=O) groups is 1. The lowest BCUT2D eigenvalue weighted by atomic mass is 10.1. The van der Waals surface area contributed by atoms with Crippen molar-refractivity contribution < 1.29 is 13.9 Å². The minimum atomic E-state index is -0.519. The molecule has 0 bridgehead atoms. The highest BCUT2D eigenvalue weighted by molar-refractivity contribution is 8.00. The lowest BCUT2D eigenvalue weighted by Gasteiger charge is -2.19. The van der Waals surface area contributed by atoms with Gasteiger partial charge in [-0.2, -0.15) is 0 Å². The zero-order chi connectivity index (χ0) is 24.0. The maximum Gasteiger partial charge on any atom is 0.262 e. The summed E-state index contributed by atoms with van der Waals surface area (Å²) in [7, 11) is 0. The van der Waals surface area contributed by atoms with Crippen LogP contribution in [0.5, 0.6) is 0 Å². The molecule has 6 nitrogen and oxygen atoms in total. The predicted molar refractivity (Wildman–Crippen MR) is 130 cm³/mol. The van der Waals surface area contributed by atoms with Gasteiger partial charge in [0.1, 0.15) is 5.82 Å². The van der Waals surface area contributed by atoms with Crippen LogP contribution >= 0.6 is 23.4 Å². The molecule has 33 heavy (non-hydrogen) atoms. The first kappa shape index (κ1) is 25.2. The SMILES string of the molecule is CCOCCCn1c(SC(C)C(=O)NC(C)c2ccc(F)cc2)nc2cc(Cl)ccc2c1=O. The van der Waals surface area contributed by atoms with Crippen LogP contribution in [0.3, 0.4) is 0 Å². The van der Waals surface area contributed by atoms with Gasteiger partial charge >= 0.3 is 0 Å². The van der Waals surface area contributed by atoms with Crippen molar-refractivity contribution in [1.29, 1.82) is 0 Å². The number of ether oxygens (including phenoxy) is 1. The number of amides is 1. The summed E-state index contributed by atoms with van der Waals surface area (Å²) < 4.78 is 20.2. The Labute approximate surface area is 201 Å². The van der Waals surface area contributed by atoms with E-state index < -0.39 is 5.25 Å². The zero-order valence-corrected chi connectivity index (χ0v) is 20.4. The number of hydrogen-bond donors (Lipinski definition) is 1. The van der Waals surface area contributed by atoms with E-state index in [1.165, 1.54) is 23.9 Å². The molecule has 0 aliphatic carbocycles. The van der Waals surface area contributed by atoms with Crippen molar-refractivity contribution in [2.24, 2.45) is 0 Å². The Hall–Kier alpha value is -2.42.